The smallest absolute Gasteiger partial charge is 0.234 e. The molecule has 22 heavy (non-hydrogen) atoms. The summed E-state index contributed by atoms with van der Waals surface area (Å²) in [6, 6.07) is 7.45. The number of hydrogen-bond donors (Lipinski definition) is 2. The summed E-state index contributed by atoms with van der Waals surface area (Å²) in [4.78, 5) is 29.4. The Labute approximate surface area is 130 Å². The first-order valence-corrected chi connectivity index (χ1v) is 7.50. The van der Waals surface area contributed by atoms with Crippen LogP contribution in [0.1, 0.15) is 31.1 Å². The number of hydrogen-bond acceptors (Lipinski definition) is 3. The standard InChI is InChI=1S/C17H23N3O2/c1-11(2)19-16(21)10-20(4)12(3)17(22)14-9-18-15-8-6-5-7-13(14)15/h5-9,11-12,18H,10H2,1-4H3,(H,19,21)/t12-/m0/s1. The Morgan fingerprint density at radius 3 is 2.59 bits per heavy atom. The van der Waals surface area contributed by atoms with Crippen molar-refractivity contribution in [3.05, 3.63) is 36.0 Å². The number of amides is 1. The van der Waals surface area contributed by atoms with Gasteiger partial charge in [-0.25, -0.2) is 0 Å². The lowest BCUT2D eigenvalue weighted by molar-refractivity contribution is -0.122. The summed E-state index contributed by atoms with van der Waals surface area (Å²) in [7, 11) is 1.79. The van der Waals surface area contributed by atoms with Gasteiger partial charge in [0.15, 0.2) is 5.78 Å². The summed E-state index contributed by atoms with van der Waals surface area (Å²) in [5.74, 6) is -0.0617. The van der Waals surface area contributed by atoms with Crippen LogP contribution in [0.2, 0.25) is 0 Å². The van der Waals surface area contributed by atoms with E-state index in [1.54, 1.807) is 18.1 Å². The molecular weight excluding hydrogens is 278 g/mol. The molecule has 2 rings (SSSR count). The predicted molar refractivity (Wildman–Crippen MR) is 88.0 cm³/mol. The second-order valence-corrected chi connectivity index (χ2v) is 5.93. The summed E-state index contributed by atoms with van der Waals surface area (Å²) in [6.45, 7) is 5.86. The van der Waals surface area contributed by atoms with Crippen molar-refractivity contribution >= 4 is 22.6 Å². The Hall–Kier alpha value is -2.14. The average molecular weight is 301 g/mol. The number of nitrogens with zero attached hydrogens (tertiary/aromatic N) is 1. The molecule has 5 heteroatoms. The number of likely N-dealkylation sites (N-methyl/N-ethyl adjacent to an activating group) is 1. The molecular formula is C17H23N3O2. The maximum Gasteiger partial charge on any atom is 0.234 e. The molecule has 0 saturated carbocycles. The van der Waals surface area contributed by atoms with Crippen molar-refractivity contribution < 1.29 is 9.59 Å². The van der Waals surface area contributed by atoms with Crippen LogP contribution in [-0.2, 0) is 4.79 Å². The minimum Gasteiger partial charge on any atom is -0.360 e. The molecule has 5 nitrogen and oxygen atoms in total. The van der Waals surface area contributed by atoms with E-state index in [9.17, 15) is 9.59 Å². The number of para-hydroxylation sites is 1. The zero-order valence-corrected chi connectivity index (χ0v) is 13.5. The lowest BCUT2D eigenvalue weighted by atomic mass is 10.0. The SMILES string of the molecule is CC(C)NC(=O)CN(C)[C@@H](C)C(=O)c1c[nH]c2ccccc12. The number of carbonyl (C=O) groups is 2. The van der Waals surface area contributed by atoms with E-state index in [-0.39, 0.29) is 30.3 Å². The van der Waals surface area contributed by atoms with Crippen LogP contribution in [0.3, 0.4) is 0 Å². The van der Waals surface area contributed by atoms with Gasteiger partial charge in [0.05, 0.1) is 12.6 Å². The van der Waals surface area contributed by atoms with E-state index in [1.807, 2.05) is 45.0 Å². The first-order valence-electron chi connectivity index (χ1n) is 7.50. The maximum absolute atomic E-state index is 12.7. The van der Waals surface area contributed by atoms with Crippen molar-refractivity contribution in [3.63, 3.8) is 0 Å². The van der Waals surface area contributed by atoms with E-state index in [0.29, 0.717) is 5.56 Å². The van der Waals surface area contributed by atoms with Gasteiger partial charge in [-0.05, 0) is 33.9 Å². The molecule has 0 saturated heterocycles. The number of aromatic nitrogens is 1. The van der Waals surface area contributed by atoms with Crippen molar-refractivity contribution in [2.24, 2.45) is 0 Å². The van der Waals surface area contributed by atoms with Crippen LogP contribution in [0, 0.1) is 0 Å². The van der Waals surface area contributed by atoms with Crippen LogP contribution in [0.25, 0.3) is 10.9 Å². The van der Waals surface area contributed by atoms with E-state index >= 15 is 0 Å². The van der Waals surface area contributed by atoms with Crippen LogP contribution in [0.5, 0.6) is 0 Å². The van der Waals surface area contributed by atoms with Gasteiger partial charge in [-0.1, -0.05) is 18.2 Å². The fraction of sp³-hybridized carbons (Fsp3) is 0.412. The first-order chi connectivity index (χ1) is 10.4. The number of carbonyl (C=O) groups excluding carboxylic acids is 2. The van der Waals surface area contributed by atoms with E-state index in [0.717, 1.165) is 10.9 Å². The topological polar surface area (TPSA) is 65.2 Å². The maximum atomic E-state index is 12.7. The van der Waals surface area contributed by atoms with Gasteiger partial charge in [-0.3, -0.25) is 14.5 Å². The fourth-order valence-corrected chi connectivity index (χ4v) is 2.43. The highest BCUT2D eigenvalue weighted by molar-refractivity contribution is 6.10. The lowest BCUT2D eigenvalue weighted by Crippen LogP contribution is -2.44. The molecule has 0 aliphatic rings. The number of ketones is 1. The molecule has 2 N–H and O–H groups in total. The minimum atomic E-state index is -0.364. The minimum absolute atomic E-state index is 0.0114. The van der Waals surface area contributed by atoms with Gasteiger partial charge in [0, 0.05) is 28.7 Å². The van der Waals surface area contributed by atoms with E-state index < -0.39 is 0 Å². The van der Waals surface area contributed by atoms with Crippen LogP contribution in [0.4, 0.5) is 0 Å². The van der Waals surface area contributed by atoms with Gasteiger partial charge in [-0.15, -0.1) is 0 Å². The van der Waals surface area contributed by atoms with Crippen molar-refractivity contribution in [1.82, 2.24) is 15.2 Å². The molecule has 0 aliphatic heterocycles. The summed E-state index contributed by atoms with van der Waals surface area (Å²) in [6.07, 6.45) is 1.74. The number of rotatable bonds is 6. The van der Waals surface area contributed by atoms with Gasteiger partial charge < -0.3 is 10.3 Å². The Morgan fingerprint density at radius 2 is 1.91 bits per heavy atom. The predicted octanol–water partition coefficient (Wildman–Crippen LogP) is 2.20. The normalized spacial score (nSPS) is 12.8. The number of H-pyrrole nitrogens is 1. The van der Waals surface area contributed by atoms with Crippen molar-refractivity contribution in [3.8, 4) is 0 Å². The quantitative estimate of drug-likeness (QED) is 0.804. The van der Waals surface area contributed by atoms with Gasteiger partial charge in [0.2, 0.25) is 5.91 Å². The summed E-state index contributed by atoms with van der Waals surface area (Å²) in [5, 5.41) is 3.75. The highest BCUT2D eigenvalue weighted by atomic mass is 16.2. The zero-order chi connectivity index (χ0) is 16.3. The third-order valence-electron chi connectivity index (χ3n) is 3.74. The number of nitrogens with one attached hydrogen (secondary N) is 2. The van der Waals surface area contributed by atoms with E-state index in [1.165, 1.54) is 0 Å². The van der Waals surface area contributed by atoms with Gasteiger partial charge >= 0.3 is 0 Å². The number of aromatic amines is 1. The monoisotopic (exact) mass is 301 g/mol. The summed E-state index contributed by atoms with van der Waals surface area (Å²) in [5.41, 5.74) is 1.61. The van der Waals surface area contributed by atoms with Crippen molar-refractivity contribution in [2.75, 3.05) is 13.6 Å². The molecule has 1 amide bonds. The molecule has 0 spiro atoms. The summed E-state index contributed by atoms with van der Waals surface area (Å²) >= 11 is 0. The second kappa shape index (κ2) is 6.75. The largest absolute Gasteiger partial charge is 0.360 e. The van der Waals surface area contributed by atoms with Crippen molar-refractivity contribution in [1.29, 1.82) is 0 Å². The van der Waals surface area contributed by atoms with E-state index in [4.69, 9.17) is 0 Å². The zero-order valence-electron chi connectivity index (χ0n) is 13.5. The lowest BCUT2D eigenvalue weighted by Gasteiger charge is -2.23. The Bertz CT molecular complexity index is 675. The summed E-state index contributed by atoms with van der Waals surface area (Å²) < 4.78 is 0. The number of benzene rings is 1. The molecule has 0 aliphatic carbocycles. The molecule has 1 heterocycles. The van der Waals surface area contributed by atoms with Crippen LogP contribution >= 0.6 is 0 Å². The molecule has 2 aromatic rings. The van der Waals surface area contributed by atoms with Crippen LogP contribution in [0.15, 0.2) is 30.5 Å². The number of Topliss-reactive ketones (excluding diaryl/α,β-unsaturated/α-hetero) is 1. The molecule has 0 radical (unpaired) electrons. The third-order valence-corrected chi connectivity index (χ3v) is 3.74. The number of fused-ring (bicyclic) bond motifs is 1. The highest BCUT2D eigenvalue weighted by Crippen LogP contribution is 2.20. The highest BCUT2D eigenvalue weighted by Gasteiger charge is 2.23. The van der Waals surface area contributed by atoms with Crippen LogP contribution < -0.4 is 5.32 Å². The molecule has 1 aromatic carbocycles. The van der Waals surface area contributed by atoms with Gasteiger partial charge in [0.25, 0.3) is 0 Å². The molecule has 0 unspecified atom stereocenters. The van der Waals surface area contributed by atoms with Gasteiger partial charge in [0.1, 0.15) is 0 Å². The van der Waals surface area contributed by atoms with Crippen LogP contribution in [-0.4, -0.2) is 47.3 Å². The third kappa shape index (κ3) is 3.54. The molecule has 0 fully saturated rings. The Balaban J connectivity index is 2.10. The first kappa shape index (κ1) is 16.2. The van der Waals surface area contributed by atoms with Crippen molar-refractivity contribution in [2.45, 2.75) is 32.9 Å². The molecule has 1 aromatic heterocycles. The fourth-order valence-electron chi connectivity index (χ4n) is 2.43. The molecule has 1 atom stereocenters. The Morgan fingerprint density at radius 1 is 1.23 bits per heavy atom. The van der Waals surface area contributed by atoms with E-state index in [2.05, 4.69) is 10.3 Å². The Kier molecular flexibility index (Phi) is 4.98. The van der Waals surface area contributed by atoms with Gasteiger partial charge in [-0.2, -0.15) is 0 Å². The second-order valence-electron chi connectivity index (χ2n) is 5.93. The molecule has 0 bridgehead atoms. The average Bonchev–Trinajstić information content (AvgIpc) is 2.88. The molecule has 118 valence electrons.